The Morgan fingerprint density at radius 2 is 2.14 bits per heavy atom. The summed E-state index contributed by atoms with van der Waals surface area (Å²) in [7, 11) is 1.62. The number of aryl methyl sites for hydroxylation is 1. The van der Waals surface area contributed by atoms with Crippen LogP contribution in [-0.2, 0) is 16.0 Å². The molecule has 1 heterocycles. The van der Waals surface area contributed by atoms with Crippen LogP contribution in [-0.4, -0.2) is 54.9 Å². The molecule has 22 heavy (non-hydrogen) atoms. The Balaban J connectivity index is 2.40. The lowest BCUT2D eigenvalue weighted by Gasteiger charge is -2.27. The summed E-state index contributed by atoms with van der Waals surface area (Å²) >= 11 is 1.64. The number of carbonyl (C=O) groups is 1. The fraction of sp³-hybridized carbons (Fsp3) is 0.733. The van der Waals surface area contributed by atoms with Crippen molar-refractivity contribution in [3.05, 3.63) is 16.1 Å². The van der Waals surface area contributed by atoms with Gasteiger partial charge in [-0.25, -0.2) is 9.78 Å². The second-order valence-electron chi connectivity index (χ2n) is 6.00. The van der Waals surface area contributed by atoms with Gasteiger partial charge < -0.3 is 19.7 Å². The van der Waals surface area contributed by atoms with E-state index < -0.39 is 5.60 Å². The van der Waals surface area contributed by atoms with E-state index in [9.17, 15) is 4.79 Å². The van der Waals surface area contributed by atoms with Crippen LogP contribution in [0, 0.1) is 6.92 Å². The van der Waals surface area contributed by atoms with Crippen LogP contribution < -0.4 is 5.32 Å². The molecular weight excluding hydrogens is 302 g/mol. The van der Waals surface area contributed by atoms with Crippen molar-refractivity contribution in [2.45, 2.75) is 39.8 Å². The van der Waals surface area contributed by atoms with E-state index >= 15 is 0 Å². The molecule has 0 saturated carbocycles. The van der Waals surface area contributed by atoms with Crippen molar-refractivity contribution < 1.29 is 14.3 Å². The Bertz CT molecular complexity index is 457. The topological polar surface area (TPSA) is 63.7 Å². The van der Waals surface area contributed by atoms with Gasteiger partial charge in [0.1, 0.15) is 5.60 Å². The van der Waals surface area contributed by atoms with E-state index in [1.165, 1.54) is 4.88 Å². The molecular formula is C15H27N3O3S. The van der Waals surface area contributed by atoms with Crippen molar-refractivity contribution in [2.24, 2.45) is 0 Å². The Kier molecular flexibility index (Phi) is 7.78. The van der Waals surface area contributed by atoms with Crippen molar-refractivity contribution in [1.29, 1.82) is 0 Å². The third-order valence-corrected chi connectivity index (χ3v) is 3.84. The van der Waals surface area contributed by atoms with Gasteiger partial charge in [0.25, 0.3) is 0 Å². The molecule has 0 radical (unpaired) electrons. The average molecular weight is 329 g/mol. The molecule has 0 aliphatic carbocycles. The zero-order valence-electron chi connectivity index (χ0n) is 14.1. The van der Waals surface area contributed by atoms with Crippen LogP contribution in [0.15, 0.2) is 5.51 Å². The molecule has 7 heteroatoms. The summed E-state index contributed by atoms with van der Waals surface area (Å²) in [4.78, 5) is 19.3. The minimum Gasteiger partial charge on any atom is -0.444 e. The van der Waals surface area contributed by atoms with E-state index in [0.717, 1.165) is 12.2 Å². The molecule has 0 spiro atoms. The van der Waals surface area contributed by atoms with E-state index in [-0.39, 0.29) is 6.09 Å². The molecule has 0 saturated heterocycles. The predicted octanol–water partition coefficient (Wildman–Crippen LogP) is 2.42. The number of thiazole rings is 1. The number of amides is 1. The number of rotatable bonds is 8. The van der Waals surface area contributed by atoms with Gasteiger partial charge in [-0.1, -0.05) is 0 Å². The van der Waals surface area contributed by atoms with Crippen LogP contribution in [0.2, 0.25) is 0 Å². The van der Waals surface area contributed by atoms with Crippen molar-refractivity contribution in [2.75, 3.05) is 33.4 Å². The first-order valence-electron chi connectivity index (χ1n) is 7.40. The summed E-state index contributed by atoms with van der Waals surface area (Å²) < 4.78 is 10.5. The van der Waals surface area contributed by atoms with Gasteiger partial charge in [0.2, 0.25) is 0 Å². The number of nitrogens with one attached hydrogen (secondary N) is 1. The van der Waals surface area contributed by atoms with Crippen LogP contribution in [0.3, 0.4) is 0 Å². The fourth-order valence-corrected chi connectivity index (χ4v) is 2.48. The second-order valence-corrected chi connectivity index (χ2v) is 6.94. The van der Waals surface area contributed by atoms with E-state index in [0.29, 0.717) is 26.2 Å². The zero-order valence-corrected chi connectivity index (χ0v) is 15.0. The molecule has 6 nitrogen and oxygen atoms in total. The largest absolute Gasteiger partial charge is 0.444 e. The lowest BCUT2D eigenvalue weighted by molar-refractivity contribution is 0.0204. The molecule has 1 aromatic rings. The first kappa shape index (κ1) is 18.9. The second kappa shape index (κ2) is 9.07. The Morgan fingerprint density at radius 1 is 1.41 bits per heavy atom. The summed E-state index contributed by atoms with van der Waals surface area (Å²) in [5.41, 5.74) is 2.41. The normalized spacial score (nSPS) is 11.5. The maximum atomic E-state index is 12.2. The van der Waals surface area contributed by atoms with Crippen LogP contribution >= 0.6 is 11.3 Å². The van der Waals surface area contributed by atoms with Gasteiger partial charge in [0.15, 0.2) is 0 Å². The number of aromatic nitrogens is 1. The molecule has 1 aromatic heterocycles. The van der Waals surface area contributed by atoms with Gasteiger partial charge in [-0.15, -0.1) is 11.3 Å². The number of methoxy groups -OCH3 is 1. The van der Waals surface area contributed by atoms with E-state index in [1.807, 2.05) is 33.2 Å². The van der Waals surface area contributed by atoms with Crippen LogP contribution in [0.1, 0.15) is 31.3 Å². The van der Waals surface area contributed by atoms with Gasteiger partial charge in [0.05, 0.1) is 17.8 Å². The molecule has 1 N–H and O–H groups in total. The smallest absolute Gasteiger partial charge is 0.410 e. The standard InChI is InChI=1S/C15H27N3O3S/c1-12-13(22-11-17-12)10-16-6-7-18(8-9-20-5)14(19)21-15(2,3)4/h11,16H,6-10H2,1-5H3. The van der Waals surface area contributed by atoms with Crippen molar-refractivity contribution in [3.8, 4) is 0 Å². The highest BCUT2D eigenvalue weighted by Gasteiger charge is 2.21. The lowest BCUT2D eigenvalue weighted by Crippen LogP contribution is -2.42. The molecule has 0 unspecified atom stereocenters. The Hall–Kier alpha value is -1.18. The van der Waals surface area contributed by atoms with Crippen molar-refractivity contribution >= 4 is 17.4 Å². The number of ether oxygens (including phenoxy) is 2. The molecule has 0 fully saturated rings. The summed E-state index contributed by atoms with van der Waals surface area (Å²) in [5.74, 6) is 0. The van der Waals surface area contributed by atoms with Crippen LogP contribution in [0.25, 0.3) is 0 Å². The molecule has 1 amide bonds. The van der Waals surface area contributed by atoms with Gasteiger partial charge in [-0.3, -0.25) is 0 Å². The highest BCUT2D eigenvalue weighted by Crippen LogP contribution is 2.11. The molecule has 0 aliphatic heterocycles. The minimum absolute atomic E-state index is 0.305. The van der Waals surface area contributed by atoms with Crippen LogP contribution in [0.4, 0.5) is 4.79 Å². The summed E-state index contributed by atoms with van der Waals surface area (Å²) in [6.45, 7) is 10.6. The number of hydrogen-bond donors (Lipinski definition) is 1. The quantitative estimate of drug-likeness (QED) is 0.742. The first-order valence-corrected chi connectivity index (χ1v) is 8.28. The van der Waals surface area contributed by atoms with E-state index in [4.69, 9.17) is 9.47 Å². The third kappa shape index (κ3) is 7.20. The monoisotopic (exact) mass is 329 g/mol. The van der Waals surface area contributed by atoms with Gasteiger partial charge >= 0.3 is 6.09 Å². The maximum absolute atomic E-state index is 12.2. The van der Waals surface area contributed by atoms with Crippen molar-refractivity contribution in [1.82, 2.24) is 15.2 Å². The van der Waals surface area contributed by atoms with Crippen molar-refractivity contribution in [3.63, 3.8) is 0 Å². The zero-order chi connectivity index (χ0) is 16.6. The minimum atomic E-state index is -0.490. The SMILES string of the molecule is COCCN(CCNCc1scnc1C)C(=O)OC(C)(C)C. The molecule has 126 valence electrons. The highest BCUT2D eigenvalue weighted by atomic mass is 32.1. The molecule has 0 aromatic carbocycles. The first-order chi connectivity index (χ1) is 10.3. The Labute approximate surface area is 136 Å². The number of nitrogens with zero attached hydrogens (tertiary/aromatic N) is 2. The molecule has 0 aliphatic rings. The fourth-order valence-electron chi connectivity index (χ4n) is 1.73. The molecule has 0 atom stereocenters. The third-order valence-electron chi connectivity index (χ3n) is 2.91. The summed E-state index contributed by atoms with van der Waals surface area (Å²) in [6, 6.07) is 0. The number of hydrogen-bond acceptors (Lipinski definition) is 6. The van der Waals surface area contributed by atoms with Gasteiger partial charge in [-0.05, 0) is 27.7 Å². The molecule has 0 bridgehead atoms. The average Bonchev–Trinajstić information content (AvgIpc) is 2.81. The number of carbonyl (C=O) groups excluding carboxylic acids is 1. The summed E-state index contributed by atoms with van der Waals surface area (Å²) in [5, 5.41) is 3.33. The maximum Gasteiger partial charge on any atom is 0.410 e. The highest BCUT2D eigenvalue weighted by molar-refractivity contribution is 7.09. The van der Waals surface area contributed by atoms with Gasteiger partial charge in [-0.2, -0.15) is 0 Å². The Morgan fingerprint density at radius 3 is 2.68 bits per heavy atom. The van der Waals surface area contributed by atoms with Crippen LogP contribution in [0.5, 0.6) is 0 Å². The summed E-state index contributed by atoms with van der Waals surface area (Å²) in [6.07, 6.45) is -0.305. The van der Waals surface area contributed by atoms with E-state index in [1.54, 1.807) is 23.3 Å². The lowest BCUT2D eigenvalue weighted by atomic mass is 10.2. The molecule has 1 rings (SSSR count). The van der Waals surface area contributed by atoms with E-state index in [2.05, 4.69) is 10.3 Å². The predicted molar refractivity (Wildman–Crippen MR) is 88.2 cm³/mol. The van der Waals surface area contributed by atoms with Gasteiger partial charge in [0, 0.05) is 38.2 Å².